The highest BCUT2D eigenvalue weighted by Gasteiger charge is 2.28. The third-order valence-electron chi connectivity index (χ3n) is 3.35. The molecule has 0 fully saturated rings. The predicted molar refractivity (Wildman–Crippen MR) is 70.1 cm³/mol. The molecule has 0 aromatic heterocycles. The molecule has 0 spiro atoms. The molecule has 1 unspecified atom stereocenters. The molecule has 0 aliphatic carbocycles. The van der Waals surface area contributed by atoms with Crippen molar-refractivity contribution in [3.8, 4) is 0 Å². The van der Waals surface area contributed by atoms with Crippen LogP contribution in [0.5, 0.6) is 0 Å². The van der Waals surface area contributed by atoms with Crippen molar-refractivity contribution in [3.63, 3.8) is 0 Å². The summed E-state index contributed by atoms with van der Waals surface area (Å²) in [5.74, 6) is 2.29. The highest BCUT2D eigenvalue weighted by molar-refractivity contribution is 4.81. The van der Waals surface area contributed by atoms with E-state index in [1.807, 2.05) is 0 Å². The summed E-state index contributed by atoms with van der Waals surface area (Å²) in [4.78, 5) is 0. The molecule has 1 nitrogen and oxygen atoms in total. The average Bonchev–Trinajstić information content (AvgIpc) is 2.01. The Labute approximate surface area is 97.0 Å². The molecule has 1 atom stereocenters. The minimum Gasteiger partial charge on any atom is -0.316 e. The predicted octanol–water partition coefficient (Wildman–Crippen LogP) is 3.94. The first-order valence-corrected chi connectivity index (χ1v) is 6.48. The standard InChI is InChI=1S/C14H31N/c1-11(2)8-14(7,13(5)6)10-15-9-12(3)4/h11-13,15H,8-10H2,1-7H3. The van der Waals surface area contributed by atoms with E-state index in [0.717, 1.165) is 30.8 Å². The highest BCUT2D eigenvalue weighted by atomic mass is 14.9. The number of hydrogen-bond donors (Lipinski definition) is 1. The van der Waals surface area contributed by atoms with Gasteiger partial charge in [0.2, 0.25) is 0 Å². The zero-order valence-electron chi connectivity index (χ0n) is 11.9. The Morgan fingerprint density at radius 1 is 0.933 bits per heavy atom. The quantitative estimate of drug-likeness (QED) is 0.675. The minimum atomic E-state index is 0.447. The van der Waals surface area contributed by atoms with Crippen LogP contribution in [0.4, 0.5) is 0 Å². The first kappa shape index (κ1) is 15.0. The van der Waals surface area contributed by atoms with Gasteiger partial charge < -0.3 is 5.32 Å². The molecule has 92 valence electrons. The van der Waals surface area contributed by atoms with Crippen LogP contribution in [-0.4, -0.2) is 13.1 Å². The van der Waals surface area contributed by atoms with Crippen molar-refractivity contribution in [1.29, 1.82) is 0 Å². The molecule has 0 aliphatic rings. The van der Waals surface area contributed by atoms with Gasteiger partial charge >= 0.3 is 0 Å². The lowest BCUT2D eigenvalue weighted by Gasteiger charge is -2.36. The van der Waals surface area contributed by atoms with Gasteiger partial charge in [0, 0.05) is 6.54 Å². The monoisotopic (exact) mass is 213 g/mol. The first-order valence-electron chi connectivity index (χ1n) is 6.48. The molecular weight excluding hydrogens is 182 g/mol. The summed E-state index contributed by atoms with van der Waals surface area (Å²) >= 11 is 0. The van der Waals surface area contributed by atoms with Crippen LogP contribution in [0.25, 0.3) is 0 Å². The molecule has 1 heteroatoms. The highest BCUT2D eigenvalue weighted by Crippen LogP contribution is 2.33. The molecule has 0 bridgehead atoms. The zero-order chi connectivity index (χ0) is 12.1. The van der Waals surface area contributed by atoms with E-state index < -0.39 is 0 Å². The van der Waals surface area contributed by atoms with Crippen LogP contribution in [-0.2, 0) is 0 Å². The van der Waals surface area contributed by atoms with Crippen LogP contribution in [0.1, 0.15) is 54.9 Å². The van der Waals surface area contributed by atoms with Gasteiger partial charge in [-0.1, -0.05) is 48.5 Å². The van der Waals surface area contributed by atoms with E-state index in [9.17, 15) is 0 Å². The van der Waals surface area contributed by atoms with Gasteiger partial charge in [-0.15, -0.1) is 0 Å². The summed E-state index contributed by atoms with van der Waals surface area (Å²) in [7, 11) is 0. The third-order valence-corrected chi connectivity index (χ3v) is 3.35. The van der Waals surface area contributed by atoms with Crippen molar-refractivity contribution in [2.24, 2.45) is 23.2 Å². The second-order valence-corrected chi connectivity index (χ2v) is 6.43. The Bertz CT molecular complexity index is 161. The van der Waals surface area contributed by atoms with E-state index in [-0.39, 0.29) is 0 Å². The molecule has 0 aromatic rings. The maximum absolute atomic E-state index is 3.61. The van der Waals surface area contributed by atoms with Crippen molar-refractivity contribution in [2.75, 3.05) is 13.1 Å². The Morgan fingerprint density at radius 2 is 1.47 bits per heavy atom. The van der Waals surface area contributed by atoms with E-state index in [4.69, 9.17) is 0 Å². The number of nitrogens with one attached hydrogen (secondary N) is 1. The molecule has 0 radical (unpaired) electrons. The molecule has 15 heavy (non-hydrogen) atoms. The second kappa shape index (κ2) is 6.52. The fourth-order valence-corrected chi connectivity index (χ4v) is 2.09. The van der Waals surface area contributed by atoms with E-state index in [0.29, 0.717) is 5.41 Å². The van der Waals surface area contributed by atoms with E-state index >= 15 is 0 Å². The molecule has 0 heterocycles. The van der Waals surface area contributed by atoms with Gasteiger partial charge in [-0.3, -0.25) is 0 Å². The van der Waals surface area contributed by atoms with Crippen molar-refractivity contribution in [1.82, 2.24) is 5.32 Å². The van der Waals surface area contributed by atoms with Crippen molar-refractivity contribution < 1.29 is 0 Å². The lowest BCUT2D eigenvalue weighted by Crippen LogP contribution is -2.38. The summed E-state index contributed by atoms with van der Waals surface area (Å²) < 4.78 is 0. The molecule has 0 amide bonds. The minimum absolute atomic E-state index is 0.447. The van der Waals surface area contributed by atoms with Crippen molar-refractivity contribution in [3.05, 3.63) is 0 Å². The normalized spacial score (nSPS) is 16.4. The number of rotatable bonds is 7. The maximum atomic E-state index is 3.61. The van der Waals surface area contributed by atoms with Crippen LogP contribution in [0.3, 0.4) is 0 Å². The fourth-order valence-electron chi connectivity index (χ4n) is 2.09. The second-order valence-electron chi connectivity index (χ2n) is 6.43. The Morgan fingerprint density at radius 3 is 1.80 bits per heavy atom. The topological polar surface area (TPSA) is 12.0 Å². The van der Waals surface area contributed by atoms with Crippen LogP contribution < -0.4 is 5.32 Å². The molecular formula is C14H31N. The third kappa shape index (κ3) is 6.19. The van der Waals surface area contributed by atoms with Gasteiger partial charge in [0.25, 0.3) is 0 Å². The summed E-state index contributed by atoms with van der Waals surface area (Å²) in [6.45, 7) is 18.6. The van der Waals surface area contributed by atoms with Gasteiger partial charge in [0.1, 0.15) is 0 Å². The number of hydrogen-bond acceptors (Lipinski definition) is 1. The van der Waals surface area contributed by atoms with Crippen LogP contribution in [0.2, 0.25) is 0 Å². The Kier molecular flexibility index (Phi) is 6.51. The lowest BCUT2D eigenvalue weighted by molar-refractivity contribution is 0.165. The van der Waals surface area contributed by atoms with Gasteiger partial charge in [0.15, 0.2) is 0 Å². The molecule has 0 aliphatic heterocycles. The summed E-state index contributed by atoms with van der Waals surface area (Å²) in [5, 5.41) is 3.61. The fraction of sp³-hybridized carbons (Fsp3) is 1.00. The van der Waals surface area contributed by atoms with E-state index in [1.54, 1.807) is 0 Å². The van der Waals surface area contributed by atoms with Gasteiger partial charge in [-0.2, -0.15) is 0 Å². The zero-order valence-corrected chi connectivity index (χ0v) is 11.9. The largest absolute Gasteiger partial charge is 0.316 e. The van der Waals surface area contributed by atoms with Crippen molar-refractivity contribution in [2.45, 2.75) is 54.9 Å². The van der Waals surface area contributed by atoms with Crippen LogP contribution in [0, 0.1) is 23.2 Å². The molecule has 0 aromatic carbocycles. The van der Waals surface area contributed by atoms with Crippen LogP contribution in [0.15, 0.2) is 0 Å². The molecule has 0 saturated heterocycles. The van der Waals surface area contributed by atoms with Crippen molar-refractivity contribution >= 4 is 0 Å². The SMILES string of the molecule is CC(C)CNCC(C)(CC(C)C)C(C)C. The maximum Gasteiger partial charge on any atom is 0.000782 e. The average molecular weight is 213 g/mol. The molecule has 0 saturated carbocycles. The first-order chi connectivity index (χ1) is 6.78. The lowest BCUT2D eigenvalue weighted by atomic mass is 9.73. The van der Waals surface area contributed by atoms with E-state index in [1.165, 1.54) is 6.42 Å². The summed E-state index contributed by atoms with van der Waals surface area (Å²) in [6, 6.07) is 0. The van der Waals surface area contributed by atoms with Gasteiger partial charge in [0.05, 0.1) is 0 Å². The van der Waals surface area contributed by atoms with Crippen LogP contribution >= 0.6 is 0 Å². The summed E-state index contributed by atoms with van der Waals surface area (Å²) in [5.41, 5.74) is 0.447. The van der Waals surface area contributed by atoms with E-state index in [2.05, 4.69) is 53.8 Å². The smallest absolute Gasteiger partial charge is 0.000782 e. The Hall–Kier alpha value is -0.0400. The molecule has 0 rings (SSSR count). The Balaban J connectivity index is 4.13. The molecule has 1 N–H and O–H groups in total. The van der Waals surface area contributed by atoms with Gasteiger partial charge in [-0.25, -0.2) is 0 Å². The van der Waals surface area contributed by atoms with Gasteiger partial charge in [-0.05, 0) is 36.1 Å². The summed E-state index contributed by atoms with van der Waals surface area (Å²) in [6.07, 6.45) is 1.32.